The molecule has 1 unspecified atom stereocenters. The molecular formula is C31H26AsNO6. The number of fused-ring (bicyclic) bond motifs is 2. The normalized spacial score (nSPS) is 12.7. The second-order valence-electron chi connectivity index (χ2n) is 9.26. The molecule has 1 amide bonds. The zero-order chi connectivity index (χ0) is 27.6. The Bertz CT molecular complexity index is 1710. The van der Waals surface area contributed by atoms with Crippen LogP contribution in [0.3, 0.4) is 0 Å². The summed E-state index contributed by atoms with van der Waals surface area (Å²) in [5.41, 5.74) is 3.00. The number of phenolic OH excluding ortho intramolecular Hbond substituents is 1. The number of nitrogens with one attached hydrogen (secondary N) is 1. The topological polar surface area (TPSA) is 113 Å². The van der Waals surface area contributed by atoms with Crippen molar-refractivity contribution in [2.24, 2.45) is 0 Å². The molecule has 5 rings (SSSR count). The molecule has 3 N–H and O–H groups in total. The Morgan fingerprint density at radius 3 is 2.08 bits per heavy atom. The number of aromatic hydroxyl groups is 1. The van der Waals surface area contributed by atoms with Gasteiger partial charge in [0.1, 0.15) is 0 Å². The van der Waals surface area contributed by atoms with Gasteiger partial charge in [-0.3, -0.25) is 0 Å². The number of hydrogen-bond acceptors (Lipinski definition) is 5. The summed E-state index contributed by atoms with van der Waals surface area (Å²) in [5, 5.41) is 16.7. The predicted octanol–water partition coefficient (Wildman–Crippen LogP) is 5.07. The van der Waals surface area contributed by atoms with E-state index in [1.807, 2.05) is 48.5 Å². The van der Waals surface area contributed by atoms with Crippen molar-refractivity contribution in [3.8, 4) is 16.9 Å². The van der Waals surface area contributed by atoms with Crippen LogP contribution in [0.15, 0.2) is 97.1 Å². The number of amides is 1. The van der Waals surface area contributed by atoms with Crippen LogP contribution < -0.4 is 9.67 Å². The fraction of sp³-hybridized carbons (Fsp3) is 0.0968. The average molecular weight is 583 g/mol. The van der Waals surface area contributed by atoms with Crippen LogP contribution in [0.5, 0.6) is 5.75 Å². The zero-order valence-corrected chi connectivity index (χ0v) is 23.0. The van der Waals surface area contributed by atoms with E-state index in [0.717, 1.165) is 44.3 Å². The van der Waals surface area contributed by atoms with Crippen LogP contribution in [0.4, 0.5) is 5.69 Å². The van der Waals surface area contributed by atoms with Crippen molar-refractivity contribution in [1.82, 2.24) is 0 Å². The van der Waals surface area contributed by atoms with E-state index in [1.165, 1.54) is 19.1 Å². The van der Waals surface area contributed by atoms with Gasteiger partial charge < -0.3 is 0 Å². The van der Waals surface area contributed by atoms with Crippen molar-refractivity contribution in [3.63, 3.8) is 0 Å². The molecule has 0 aliphatic rings. The fourth-order valence-electron chi connectivity index (χ4n) is 4.70. The van der Waals surface area contributed by atoms with Gasteiger partial charge in [-0.2, -0.15) is 0 Å². The number of rotatable bonds is 7. The second kappa shape index (κ2) is 10.8. The molecule has 0 aliphatic heterocycles. The van der Waals surface area contributed by atoms with Crippen LogP contribution in [0.25, 0.3) is 32.7 Å². The molecule has 5 aromatic carbocycles. The number of carbonyl (C=O) groups is 2. The van der Waals surface area contributed by atoms with Crippen molar-refractivity contribution in [1.29, 1.82) is 0 Å². The number of phenols is 1. The summed E-state index contributed by atoms with van der Waals surface area (Å²) < 4.78 is 28.2. The van der Waals surface area contributed by atoms with Crippen LogP contribution in [0.2, 0.25) is 0 Å². The molecule has 0 fully saturated rings. The summed E-state index contributed by atoms with van der Waals surface area (Å²) in [6, 6.07) is 30.1. The van der Waals surface area contributed by atoms with Crippen LogP contribution >= 0.6 is 0 Å². The summed E-state index contributed by atoms with van der Waals surface area (Å²) in [7, 11) is 0. The van der Waals surface area contributed by atoms with E-state index < -0.39 is 26.0 Å². The van der Waals surface area contributed by atoms with Gasteiger partial charge in [-0.1, -0.05) is 12.1 Å². The maximum absolute atomic E-state index is 12.9. The molecule has 0 bridgehead atoms. The molecule has 0 aliphatic carbocycles. The molecular weight excluding hydrogens is 557 g/mol. The summed E-state index contributed by atoms with van der Waals surface area (Å²) in [5.74, 6) is -1.53. The third-order valence-electron chi connectivity index (χ3n) is 6.45. The molecule has 5 aromatic rings. The van der Waals surface area contributed by atoms with Gasteiger partial charge in [0.15, 0.2) is 0 Å². The molecule has 7 nitrogen and oxygen atoms in total. The van der Waals surface area contributed by atoms with E-state index in [-0.39, 0.29) is 22.2 Å². The van der Waals surface area contributed by atoms with E-state index in [4.69, 9.17) is 3.73 Å². The number of aryl methyl sites for hydroxylation is 1. The minimum absolute atomic E-state index is 0.0724. The Hall–Kier alpha value is -4.32. The number of anilines is 1. The molecule has 0 spiro atoms. The van der Waals surface area contributed by atoms with Crippen LogP contribution in [-0.4, -0.2) is 35.3 Å². The molecule has 196 valence electrons. The van der Waals surface area contributed by atoms with Crippen molar-refractivity contribution < 1.29 is 26.3 Å². The van der Waals surface area contributed by atoms with Crippen LogP contribution in [-0.2, 0) is 23.5 Å². The summed E-state index contributed by atoms with van der Waals surface area (Å²) in [4.78, 5) is 24.0. The van der Waals surface area contributed by atoms with Crippen molar-refractivity contribution in [3.05, 3.63) is 103 Å². The average Bonchev–Trinajstić information content (AvgIpc) is 2.90. The van der Waals surface area contributed by atoms with Gasteiger partial charge in [0, 0.05) is 0 Å². The van der Waals surface area contributed by atoms with Gasteiger partial charge in [0.25, 0.3) is 0 Å². The van der Waals surface area contributed by atoms with Crippen molar-refractivity contribution in [2.45, 2.75) is 19.8 Å². The number of hydrogen-bond donors (Lipinski definition) is 3. The van der Waals surface area contributed by atoms with Crippen molar-refractivity contribution in [2.75, 3.05) is 5.32 Å². The standard InChI is InChI=1S/C31H26AsNO6/c1-20(34)33-29-19-25(35)15-16-28(29)32(37,38)39-30(36)17-12-21-10-13-22(14-11-21)31-26-8-4-2-6-23(26)18-24-7-3-5-9-27(24)31/h2-11,13-16,18-19,35H,12,17H2,1H3,(H,33,34)(H,37,38). The van der Waals surface area contributed by atoms with Crippen LogP contribution in [0.1, 0.15) is 18.9 Å². The van der Waals surface area contributed by atoms with E-state index in [9.17, 15) is 22.5 Å². The quantitative estimate of drug-likeness (QED) is 0.182. The maximum atomic E-state index is 12.9. The van der Waals surface area contributed by atoms with Gasteiger partial charge in [0.2, 0.25) is 0 Å². The Kier molecular flexibility index (Phi) is 7.29. The van der Waals surface area contributed by atoms with Gasteiger partial charge in [0.05, 0.1) is 0 Å². The summed E-state index contributed by atoms with van der Waals surface area (Å²) in [6.07, 6.45) is 0.218. The summed E-state index contributed by atoms with van der Waals surface area (Å²) >= 11 is -5.35. The monoisotopic (exact) mass is 583 g/mol. The molecule has 0 aromatic heterocycles. The summed E-state index contributed by atoms with van der Waals surface area (Å²) in [6.45, 7) is 1.23. The first-order chi connectivity index (χ1) is 18.7. The molecule has 1 atom stereocenters. The first-order valence-corrected chi connectivity index (χ1v) is 15.7. The molecule has 8 heteroatoms. The number of carbonyl (C=O) groups excluding carboxylic acids is 2. The Morgan fingerprint density at radius 1 is 0.846 bits per heavy atom. The molecule has 0 saturated heterocycles. The Morgan fingerprint density at radius 2 is 1.46 bits per heavy atom. The predicted molar refractivity (Wildman–Crippen MR) is 152 cm³/mol. The van der Waals surface area contributed by atoms with Gasteiger partial charge in [-0.05, 0) is 0 Å². The Balaban J connectivity index is 1.32. The first-order valence-electron chi connectivity index (χ1n) is 12.4. The zero-order valence-electron chi connectivity index (χ0n) is 21.1. The van der Waals surface area contributed by atoms with E-state index in [2.05, 4.69) is 35.6 Å². The Labute approximate surface area is 228 Å². The van der Waals surface area contributed by atoms with E-state index in [0.29, 0.717) is 6.42 Å². The fourth-order valence-corrected chi connectivity index (χ4v) is 7.12. The molecule has 0 saturated carbocycles. The van der Waals surface area contributed by atoms with E-state index >= 15 is 0 Å². The SMILES string of the molecule is CC(=O)Nc1cc(O)ccc1[As](=O)(O)OC(=O)CCc1ccc(-c2c3ccccc3cc3ccccc23)cc1. The first kappa shape index (κ1) is 26.3. The minimum atomic E-state index is -5.35. The molecule has 39 heavy (non-hydrogen) atoms. The molecule has 0 radical (unpaired) electrons. The third kappa shape index (κ3) is 5.75. The third-order valence-corrected chi connectivity index (χ3v) is 9.49. The molecule has 0 heterocycles. The second-order valence-corrected chi connectivity index (χ2v) is 12.8. The van der Waals surface area contributed by atoms with Crippen molar-refractivity contribution >= 4 is 57.6 Å². The van der Waals surface area contributed by atoms with E-state index in [1.54, 1.807) is 0 Å². The van der Waals surface area contributed by atoms with Gasteiger partial charge in [-0.25, -0.2) is 0 Å². The van der Waals surface area contributed by atoms with Crippen LogP contribution in [0, 0.1) is 0 Å². The van der Waals surface area contributed by atoms with Gasteiger partial charge in [-0.15, -0.1) is 0 Å². The van der Waals surface area contributed by atoms with Gasteiger partial charge >= 0.3 is 216 Å². The number of benzene rings is 5.